The smallest absolute Gasteiger partial charge is 0.309 e. The maximum Gasteiger partial charge on any atom is 0.309 e. The zero-order chi connectivity index (χ0) is 22.6. The van der Waals surface area contributed by atoms with Gasteiger partial charge >= 0.3 is 5.97 Å². The zero-order valence-corrected chi connectivity index (χ0v) is 19.6. The molecular weight excluding hydrogens is 404 g/mol. The van der Waals surface area contributed by atoms with E-state index in [0.29, 0.717) is 30.2 Å². The number of piperidine rings is 1. The van der Waals surface area contributed by atoms with Crippen molar-refractivity contribution < 1.29 is 22.7 Å². The summed E-state index contributed by atoms with van der Waals surface area (Å²) in [7, 11) is -3.62. The highest BCUT2D eigenvalue weighted by Gasteiger charge is 2.35. The van der Waals surface area contributed by atoms with Crippen LogP contribution in [0.15, 0.2) is 17.0 Å². The van der Waals surface area contributed by atoms with Crippen LogP contribution in [0, 0.1) is 32.6 Å². The molecule has 7 nitrogen and oxygen atoms in total. The van der Waals surface area contributed by atoms with Gasteiger partial charge in [-0.05, 0) is 57.6 Å². The van der Waals surface area contributed by atoms with Gasteiger partial charge in [-0.15, -0.1) is 0 Å². The molecule has 1 atom stereocenters. The van der Waals surface area contributed by atoms with Crippen LogP contribution in [0.2, 0.25) is 0 Å². The largest absolute Gasteiger partial charge is 0.452 e. The molecule has 0 spiro atoms. The Hall–Kier alpha value is -1.93. The van der Waals surface area contributed by atoms with Crippen LogP contribution < -0.4 is 5.32 Å². The van der Waals surface area contributed by atoms with Gasteiger partial charge in [-0.2, -0.15) is 4.31 Å². The number of amides is 1. The number of rotatable bonds is 7. The number of benzene rings is 1. The SMILES string of the molecule is Cc1cc(C)c(S(=O)(=O)N2CCC(C(=O)OC(C)C(=O)NCC(C)C)CC2)c(C)c1. The normalized spacial score (nSPS) is 17.0. The van der Waals surface area contributed by atoms with Gasteiger partial charge in [0.15, 0.2) is 6.10 Å². The van der Waals surface area contributed by atoms with E-state index in [1.54, 1.807) is 6.92 Å². The second-order valence-electron chi connectivity index (χ2n) is 8.62. The van der Waals surface area contributed by atoms with Gasteiger partial charge in [0.25, 0.3) is 5.91 Å². The number of ether oxygens (including phenoxy) is 1. The van der Waals surface area contributed by atoms with Gasteiger partial charge in [-0.25, -0.2) is 8.42 Å². The van der Waals surface area contributed by atoms with E-state index in [4.69, 9.17) is 4.74 Å². The summed E-state index contributed by atoms with van der Waals surface area (Å²) in [4.78, 5) is 24.8. The molecule has 1 N–H and O–H groups in total. The third kappa shape index (κ3) is 5.82. The van der Waals surface area contributed by atoms with Crippen LogP contribution in [0.5, 0.6) is 0 Å². The lowest BCUT2D eigenvalue weighted by Gasteiger charge is -2.31. The van der Waals surface area contributed by atoms with Crippen molar-refractivity contribution >= 4 is 21.9 Å². The summed E-state index contributed by atoms with van der Waals surface area (Å²) in [5, 5.41) is 2.75. The second-order valence-corrected chi connectivity index (χ2v) is 10.5. The molecule has 0 saturated carbocycles. The molecule has 168 valence electrons. The molecule has 1 aromatic carbocycles. The van der Waals surface area contributed by atoms with Crippen molar-refractivity contribution in [2.45, 2.75) is 65.4 Å². The molecular formula is C22H34N2O5S. The number of hydrogen-bond acceptors (Lipinski definition) is 5. The van der Waals surface area contributed by atoms with Crippen molar-refractivity contribution in [1.29, 1.82) is 0 Å². The summed E-state index contributed by atoms with van der Waals surface area (Å²) in [6, 6.07) is 3.74. The summed E-state index contributed by atoms with van der Waals surface area (Å²) < 4.78 is 33.1. The van der Waals surface area contributed by atoms with Gasteiger partial charge < -0.3 is 10.1 Å². The number of nitrogens with zero attached hydrogens (tertiary/aromatic N) is 1. The molecule has 1 aromatic rings. The summed E-state index contributed by atoms with van der Waals surface area (Å²) >= 11 is 0. The minimum Gasteiger partial charge on any atom is -0.452 e. The number of hydrogen-bond donors (Lipinski definition) is 1. The van der Waals surface area contributed by atoms with Gasteiger partial charge in [0.05, 0.1) is 10.8 Å². The van der Waals surface area contributed by atoms with E-state index in [1.165, 1.54) is 4.31 Å². The minimum absolute atomic E-state index is 0.253. The molecule has 0 bridgehead atoms. The first-order valence-electron chi connectivity index (χ1n) is 10.5. The highest BCUT2D eigenvalue weighted by molar-refractivity contribution is 7.89. The molecule has 1 saturated heterocycles. The Bertz CT molecular complexity index is 864. The highest BCUT2D eigenvalue weighted by Crippen LogP contribution is 2.29. The van der Waals surface area contributed by atoms with Gasteiger partial charge in [0.2, 0.25) is 10.0 Å². The number of nitrogens with one attached hydrogen (secondary N) is 1. The molecule has 1 unspecified atom stereocenters. The Labute approximate surface area is 180 Å². The van der Waals surface area contributed by atoms with E-state index in [2.05, 4.69) is 5.32 Å². The lowest BCUT2D eigenvalue weighted by molar-refractivity contribution is -0.159. The summed E-state index contributed by atoms with van der Waals surface area (Å²) in [6.07, 6.45) is -0.110. The number of esters is 1. The first-order valence-corrected chi connectivity index (χ1v) is 11.9. The van der Waals surface area contributed by atoms with E-state index >= 15 is 0 Å². The number of aryl methyl sites for hydroxylation is 3. The minimum atomic E-state index is -3.62. The van der Waals surface area contributed by atoms with E-state index < -0.39 is 28.0 Å². The lowest BCUT2D eigenvalue weighted by Crippen LogP contribution is -2.43. The molecule has 2 rings (SSSR count). The first kappa shape index (κ1) is 24.3. The van der Waals surface area contributed by atoms with Crippen molar-refractivity contribution in [2.75, 3.05) is 19.6 Å². The van der Waals surface area contributed by atoms with Crippen molar-refractivity contribution in [1.82, 2.24) is 9.62 Å². The summed E-state index contributed by atoms with van der Waals surface area (Å²) in [5.41, 5.74) is 2.49. The predicted octanol–water partition coefficient (Wildman–Crippen LogP) is 2.72. The average Bonchev–Trinajstić information content (AvgIpc) is 2.64. The van der Waals surface area contributed by atoms with Crippen LogP contribution in [0.4, 0.5) is 0 Å². The maximum atomic E-state index is 13.2. The van der Waals surface area contributed by atoms with Crippen LogP contribution in [-0.4, -0.2) is 50.3 Å². The molecule has 0 aliphatic carbocycles. The van der Waals surface area contributed by atoms with Crippen molar-refractivity contribution in [3.05, 3.63) is 28.8 Å². The van der Waals surface area contributed by atoms with Gasteiger partial charge in [0, 0.05) is 19.6 Å². The predicted molar refractivity (Wildman–Crippen MR) is 116 cm³/mol. The lowest BCUT2D eigenvalue weighted by atomic mass is 9.98. The fraction of sp³-hybridized carbons (Fsp3) is 0.636. The molecule has 0 radical (unpaired) electrons. The van der Waals surface area contributed by atoms with Crippen molar-refractivity contribution in [3.8, 4) is 0 Å². The van der Waals surface area contributed by atoms with Gasteiger partial charge in [-0.1, -0.05) is 31.5 Å². The van der Waals surface area contributed by atoms with Gasteiger partial charge in [-0.3, -0.25) is 9.59 Å². The Morgan fingerprint density at radius 3 is 2.13 bits per heavy atom. The first-order chi connectivity index (χ1) is 13.9. The molecule has 1 aliphatic heterocycles. The van der Waals surface area contributed by atoms with Crippen LogP contribution in [0.3, 0.4) is 0 Å². The second kappa shape index (κ2) is 9.92. The van der Waals surface area contributed by atoms with Gasteiger partial charge in [0.1, 0.15) is 0 Å². The van der Waals surface area contributed by atoms with E-state index in [-0.39, 0.29) is 19.0 Å². The molecule has 1 aliphatic rings. The molecule has 8 heteroatoms. The molecule has 1 amide bonds. The highest BCUT2D eigenvalue weighted by atomic mass is 32.2. The topological polar surface area (TPSA) is 92.8 Å². The maximum absolute atomic E-state index is 13.2. The third-order valence-electron chi connectivity index (χ3n) is 5.34. The molecule has 1 heterocycles. The standard InChI is InChI=1S/C22H34N2O5S/c1-14(2)13-23-21(25)18(6)29-22(26)19-7-9-24(10-8-19)30(27,28)20-16(4)11-15(3)12-17(20)5/h11-12,14,18-19H,7-10,13H2,1-6H3,(H,23,25). The quantitative estimate of drug-likeness (QED) is 0.661. The average molecular weight is 439 g/mol. The van der Waals surface area contributed by atoms with Crippen LogP contribution in [-0.2, 0) is 24.3 Å². The fourth-order valence-corrected chi connectivity index (χ4v) is 5.69. The summed E-state index contributed by atoms with van der Waals surface area (Å²) in [5.74, 6) is -0.856. The Morgan fingerprint density at radius 1 is 1.10 bits per heavy atom. The van der Waals surface area contributed by atoms with Crippen LogP contribution in [0.1, 0.15) is 50.3 Å². The van der Waals surface area contributed by atoms with E-state index in [9.17, 15) is 18.0 Å². The van der Waals surface area contributed by atoms with E-state index in [1.807, 2.05) is 46.8 Å². The third-order valence-corrected chi connectivity index (χ3v) is 7.54. The Balaban J connectivity index is 1.97. The van der Waals surface area contributed by atoms with Crippen LogP contribution in [0.25, 0.3) is 0 Å². The van der Waals surface area contributed by atoms with Crippen molar-refractivity contribution in [2.24, 2.45) is 11.8 Å². The molecule has 30 heavy (non-hydrogen) atoms. The molecule has 0 aromatic heterocycles. The van der Waals surface area contributed by atoms with Crippen molar-refractivity contribution in [3.63, 3.8) is 0 Å². The Morgan fingerprint density at radius 2 is 1.63 bits per heavy atom. The number of carbonyl (C=O) groups is 2. The monoisotopic (exact) mass is 438 g/mol. The Kier molecular flexibility index (Phi) is 8.05. The summed E-state index contributed by atoms with van der Waals surface area (Å²) in [6.45, 7) is 12.1. The van der Waals surface area contributed by atoms with Crippen LogP contribution >= 0.6 is 0 Å². The number of carbonyl (C=O) groups excluding carboxylic acids is 2. The zero-order valence-electron chi connectivity index (χ0n) is 18.8. The number of sulfonamides is 1. The fourth-order valence-electron chi connectivity index (χ4n) is 3.81. The molecule has 1 fully saturated rings. The van der Waals surface area contributed by atoms with E-state index in [0.717, 1.165) is 16.7 Å².